The van der Waals surface area contributed by atoms with Gasteiger partial charge in [0.15, 0.2) is 11.5 Å². The minimum Gasteiger partial charge on any atom is -0.454 e. The maximum Gasteiger partial charge on any atom is 0.231 e. The molecule has 0 spiro atoms. The van der Waals surface area contributed by atoms with Gasteiger partial charge in [-0.05, 0) is 30.3 Å². The third kappa shape index (κ3) is 1.80. The molecule has 4 nitrogen and oxygen atoms in total. The Balaban J connectivity index is 1.88. The summed E-state index contributed by atoms with van der Waals surface area (Å²) in [5.41, 5.74) is 2.56. The minimum absolute atomic E-state index is 0.189. The summed E-state index contributed by atoms with van der Waals surface area (Å²) in [6.45, 7) is 0.189. The average molecular weight is 307 g/mol. The molecule has 0 bridgehead atoms. The Hall–Kier alpha value is -1.91. The third-order valence-corrected chi connectivity index (χ3v) is 3.66. The maximum absolute atomic E-state index is 6.18. The second-order valence-electron chi connectivity index (χ2n) is 4.44. The molecule has 1 aliphatic rings. The SMILES string of the molecule is Clc1ccc2nc(-c3cc(Cl)c4c(c3)OCO4)[nH]c2c1. The highest BCUT2D eigenvalue weighted by Gasteiger charge is 2.19. The summed E-state index contributed by atoms with van der Waals surface area (Å²) in [5.74, 6) is 1.92. The molecule has 0 radical (unpaired) electrons. The van der Waals surface area contributed by atoms with E-state index in [4.69, 9.17) is 32.7 Å². The summed E-state index contributed by atoms with van der Waals surface area (Å²) < 4.78 is 10.7. The highest BCUT2D eigenvalue weighted by Crippen LogP contribution is 2.42. The fraction of sp³-hybridized carbons (Fsp3) is 0.0714. The third-order valence-electron chi connectivity index (χ3n) is 3.14. The summed E-state index contributed by atoms with van der Waals surface area (Å²) in [5, 5.41) is 1.17. The number of hydrogen-bond acceptors (Lipinski definition) is 3. The number of rotatable bonds is 1. The fourth-order valence-corrected chi connectivity index (χ4v) is 2.66. The summed E-state index contributed by atoms with van der Waals surface area (Å²) in [7, 11) is 0. The van der Waals surface area contributed by atoms with Gasteiger partial charge in [0.2, 0.25) is 6.79 Å². The molecule has 0 unspecified atom stereocenters. The Morgan fingerprint density at radius 2 is 2.00 bits per heavy atom. The van der Waals surface area contributed by atoms with Crippen molar-refractivity contribution in [3.63, 3.8) is 0 Å². The molecule has 0 aliphatic carbocycles. The lowest BCUT2D eigenvalue weighted by molar-refractivity contribution is 0.174. The fourth-order valence-electron chi connectivity index (χ4n) is 2.22. The van der Waals surface area contributed by atoms with E-state index in [9.17, 15) is 0 Å². The van der Waals surface area contributed by atoms with E-state index in [2.05, 4.69) is 9.97 Å². The van der Waals surface area contributed by atoms with E-state index in [0.717, 1.165) is 16.6 Å². The normalized spacial score (nSPS) is 13.1. The predicted octanol–water partition coefficient (Wildman–Crippen LogP) is 4.27. The van der Waals surface area contributed by atoms with Crippen LogP contribution in [0.2, 0.25) is 10.0 Å². The molecule has 2 heterocycles. The number of fused-ring (bicyclic) bond motifs is 2. The maximum atomic E-state index is 6.18. The molecule has 1 aliphatic heterocycles. The van der Waals surface area contributed by atoms with E-state index in [1.54, 1.807) is 12.1 Å². The second kappa shape index (κ2) is 4.30. The van der Waals surface area contributed by atoms with Crippen molar-refractivity contribution in [1.82, 2.24) is 9.97 Å². The van der Waals surface area contributed by atoms with Crippen LogP contribution in [0.25, 0.3) is 22.4 Å². The van der Waals surface area contributed by atoms with E-state index in [1.807, 2.05) is 18.2 Å². The lowest BCUT2D eigenvalue weighted by Crippen LogP contribution is -1.93. The number of aromatic nitrogens is 2. The largest absolute Gasteiger partial charge is 0.454 e. The van der Waals surface area contributed by atoms with Crippen LogP contribution >= 0.6 is 23.2 Å². The lowest BCUT2D eigenvalue weighted by Gasteiger charge is -2.02. The van der Waals surface area contributed by atoms with Crippen molar-refractivity contribution < 1.29 is 9.47 Å². The van der Waals surface area contributed by atoms with Crippen LogP contribution < -0.4 is 9.47 Å². The first-order valence-corrected chi connectivity index (χ1v) is 6.71. The number of nitrogens with zero attached hydrogens (tertiary/aromatic N) is 1. The molecule has 6 heteroatoms. The van der Waals surface area contributed by atoms with Gasteiger partial charge in [-0.25, -0.2) is 4.98 Å². The molecular weight excluding hydrogens is 299 g/mol. The number of ether oxygens (including phenoxy) is 2. The Labute approximate surface area is 124 Å². The van der Waals surface area contributed by atoms with Gasteiger partial charge in [0, 0.05) is 10.6 Å². The van der Waals surface area contributed by atoms with E-state index in [0.29, 0.717) is 27.4 Å². The topological polar surface area (TPSA) is 47.1 Å². The van der Waals surface area contributed by atoms with Crippen molar-refractivity contribution in [1.29, 1.82) is 0 Å². The molecule has 1 aromatic heterocycles. The minimum atomic E-state index is 0.189. The van der Waals surface area contributed by atoms with Crippen molar-refractivity contribution in [2.24, 2.45) is 0 Å². The van der Waals surface area contributed by atoms with Gasteiger partial charge in [-0.2, -0.15) is 0 Å². The second-order valence-corrected chi connectivity index (χ2v) is 5.28. The van der Waals surface area contributed by atoms with E-state index < -0.39 is 0 Å². The Morgan fingerprint density at radius 3 is 2.90 bits per heavy atom. The van der Waals surface area contributed by atoms with Crippen LogP contribution in [0.1, 0.15) is 0 Å². The van der Waals surface area contributed by atoms with Crippen molar-refractivity contribution in [2.45, 2.75) is 0 Å². The molecule has 100 valence electrons. The van der Waals surface area contributed by atoms with Crippen molar-refractivity contribution in [3.05, 3.63) is 40.4 Å². The smallest absolute Gasteiger partial charge is 0.231 e. The van der Waals surface area contributed by atoms with Gasteiger partial charge in [-0.3, -0.25) is 0 Å². The van der Waals surface area contributed by atoms with Crippen LogP contribution in [0.15, 0.2) is 30.3 Å². The number of aromatic amines is 1. The number of hydrogen-bond donors (Lipinski definition) is 1. The van der Waals surface area contributed by atoms with Crippen LogP contribution in [0.3, 0.4) is 0 Å². The number of benzene rings is 2. The molecule has 0 saturated heterocycles. The average Bonchev–Trinajstić information content (AvgIpc) is 3.03. The summed E-state index contributed by atoms with van der Waals surface area (Å²) in [6.07, 6.45) is 0. The first kappa shape index (κ1) is 11.9. The van der Waals surface area contributed by atoms with Crippen LogP contribution in [0.5, 0.6) is 11.5 Å². The van der Waals surface area contributed by atoms with Crippen LogP contribution in [0, 0.1) is 0 Å². The zero-order valence-corrected chi connectivity index (χ0v) is 11.6. The highest BCUT2D eigenvalue weighted by atomic mass is 35.5. The van der Waals surface area contributed by atoms with Gasteiger partial charge in [-0.15, -0.1) is 0 Å². The molecule has 0 amide bonds. The Bertz CT molecular complexity index is 829. The van der Waals surface area contributed by atoms with E-state index >= 15 is 0 Å². The molecule has 20 heavy (non-hydrogen) atoms. The molecule has 0 atom stereocenters. The van der Waals surface area contributed by atoms with Gasteiger partial charge in [0.05, 0.1) is 16.1 Å². The van der Waals surface area contributed by atoms with Gasteiger partial charge in [0.25, 0.3) is 0 Å². The lowest BCUT2D eigenvalue weighted by atomic mass is 10.2. The van der Waals surface area contributed by atoms with Gasteiger partial charge in [0.1, 0.15) is 5.82 Å². The van der Waals surface area contributed by atoms with Crippen LogP contribution in [0.4, 0.5) is 0 Å². The standard InChI is InChI=1S/C14H8Cl2N2O2/c15-8-1-2-10-11(5-8)18-14(17-10)7-3-9(16)13-12(4-7)19-6-20-13/h1-5H,6H2,(H,17,18). The van der Waals surface area contributed by atoms with Gasteiger partial charge >= 0.3 is 0 Å². The monoisotopic (exact) mass is 306 g/mol. The molecule has 3 aromatic rings. The zero-order chi connectivity index (χ0) is 13.7. The molecule has 0 fully saturated rings. The molecule has 2 aromatic carbocycles. The Morgan fingerprint density at radius 1 is 1.10 bits per heavy atom. The van der Waals surface area contributed by atoms with Crippen LogP contribution in [-0.4, -0.2) is 16.8 Å². The van der Waals surface area contributed by atoms with Crippen molar-refractivity contribution in [3.8, 4) is 22.9 Å². The number of H-pyrrole nitrogens is 1. The zero-order valence-electron chi connectivity index (χ0n) is 10.1. The van der Waals surface area contributed by atoms with Crippen molar-refractivity contribution >= 4 is 34.2 Å². The molecule has 1 N–H and O–H groups in total. The number of nitrogens with one attached hydrogen (secondary N) is 1. The van der Waals surface area contributed by atoms with E-state index in [1.165, 1.54) is 0 Å². The predicted molar refractivity (Wildman–Crippen MR) is 77.7 cm³/mol. The van der Waals surface area contributed by atoms with Crippen LogP contribution in [-0.2, 0) is 0 Å². The highest BCUT2D eigenvalue weighted by molar-refractivity contribution is 6.32. The number of halogens is 2. The first-order chi connectivity index (χ1) is 9.70. The quantitative estimate of drug-likeness (QED) is 0.730. The molecular formula is C14H8Cl2N2O2. The van der Waals surface area contributed by atoms with E-state index in [-0.39, 0.29) is 6.79 Å². The number of imidazole rings is 1. The van der Waals surface area contributed by atoms with Crippen molar-refractivity contribution in [2.75, 3.05) is 6.79 Å². The van der Waals surface area contributed by atoms with Gasteiger partial charge < -0.3 is 14.5 Å². The van der Waals surface area contributed by atoms with Gasteiger partial charge in [-0.1, -0.05) is 23.2 Å². The summed E-state index contributed by atoms with van der Waals surface area (Å²) in [4.78, 5) is 7.74. The first-order valence-electron chi connectivity index (χ1n) is 5.95. The Kier molecular flexibility index (Phi) is 2.55. The molecule has 4 rings (SSSR count). The summed E-state index contributed by atoms with van der Waals surface area (Å²) >= 11 is 12.2. The summed E-state index contributed by atoms with van der Waals surface area (Å²) in [6, 6.07) is 9.16. The molecule has 0 saturated carbocycles.